The van der Waals surface area contributed by atoms with Crippen LogP contribution in [-0.4, -0.2) is 21.8 Å². The van der Waals surface area contributed by atoms with Crippen LogP contribution in [0.5, 0.6) is 11.6 Å². The number of aromatic nitrogens is 2. The van der Waals surface area contributed by atoms with Crippen LogP contribution in [-0.2, 0) is 9.59 Å². The number of thiophene rings is 1. The molecule has 0 saturated carbocycles. The minimum Gasteiger partial charge on any atom is -0.435 e. The number of ether oxygens (including phenoxy) is 1. The summed E-state index contributed by atoms with van der Waals surface area (Å²) >= 11 is 1.40. The van der Waals surface area contributed by atoms with Crippen molar-refractivity contribution < 1.29 is 23.1 Å². The highest BCUT2D eigenvalue weighted by molar-refractivity contribution is 7.16. The molecule has 0 bridgehead atoms. The number of nitrogens with two attached hydrogens (primary N) is 1. The first-order valence-corrected chi connectivity index (χ1v) is 9.83. The topological polar surface area (TPSA) is 98.4 Å². The third-order valence-electron chi connectivity index (χ3n) is 4.27. The second-order valence-corrected chi connectivity index (χ2v) is 7.28. The van der Waals surface area contributed by atoms with Crippen molar-refractivity contribution in [1.29, 1.82) is 0 Å². The lowest BCUT2D eigenvalue weighted by Gasteiger charge is -2.23. The quantitative estimate of drug-likeness (QED) is 0.451. The van der Waals surface area contributed by atoms with Crippen molar-refractivity contribution in [1.82, 2.24) is 9.97 Å². The summed E-state index contributed by atoms with van der Waals surface area (Å²) in [6.07, 6.45) is 0.716. The van der Waals surface area contributed by atoms with Crippen molar-refractivity contribution in [2.24, 2.45) is 5.73 Å². The van der Waals surface area contributed by atoms with E-state index in [-0.39, 0.29) is 23.0 Å². The summed E-state index contributed by atoms with van der Waals surface area (Å²) in [4.78, 5) is 33.8. The van der Waals surface area contributed by atoms with Gasteiger partial charge in [0.05, 0.1) is 11.1 Å². The molecule has 0 spiro atoms. The van der Waals surface area contributed by atoms with E-state index in [9.17, 15) is 18.4 Å². The number of hydrogen-bond donors (Lipinski definition) is 1. The van der Waals surface area contributed by atoms with E-state index in [0.29, 0.717) is 10.2 Å². The van der Waals surface area contributed by atoms with Crippen LogP contribution >= 0.6 is 11.3 Å². The predicted octanol–water partition coefficient (Wildman–Crippen LogP) is 4.30. The summed E-state index contributed by atoms with van der Waals surface area (Å²) in [5, 5.41) is 2.46. The lowest BCUT2D eigenvalue weighted by atomic mass is 10.2. The first-order chi connectivity index (χ1) is 14.9. The summed E-state index contributed by atoms with van der Waals surface area (Å²) in [5.74, 6) is -2.73. The molecule has 2 heterocycles. The monoisotopic (exact) mass is 440 g/mol. The number of anilines is 2. The molecule has 0 saturated heterocycles. The number of hydrogen-bond acceptors (Lipinski definition) is 6. The fourth-order valence-corrected chi connectivity index (χ4v) is 3.64. The van der Waals surface area contributed by atoms with Gasteiger partial charge in [0.1, 0.15) is 23.4 Å². The normalized spacial score (nSPS) is 10.8. The van der Waals surface area contributed by atoms with Crippen molar-refractivity contribution in [2.75, 3.05) is 4.90 Å². The van der Waals surface area contributed by atoms with Crippen molar-refractivity contribution in [2.45, 2.75) is 6.42 Å². The fraction of sp³-hybridized carbons (Fsp3) is 0.0476. The number of fused-ring (bicyclic) bond motifs is 1. The molecule has 7 nitrogen and oxygen atoms in total. The van der Waals surface area contributed by atoms with Crippen LogP contribution in [0.15, 0.2) is 60.2 Å². The van der Waals surface area contributed by atoms with Gasteiger partial charge in [0.25, 0.3) is 0 Å². The lowest BCUT2D eigenvalue weighted by molar-refractivity contribution is -0.125. The van der Waals surface area contributed by atoms with Gasteiger partial charge in [0.2, 0.25) is 17.7 Å². The average Bonchev–Trinajstić information content (AvgIpc) is 3.21. The summed E-state index contributed by atoms with van der Waals surface area (Å²) in [5.41, 5.74) is 5.50. The second-order valence-electron chi connectivity index (χ2n) is 6.38. The molecule has 2 aromatic carbocycles. The molecule has 156 valence electrons. The molecule has 0 aliphatic rings. The zero-order valence-corrected chi connectivity index (χ0v) is 16.6. The molecule has 0 aliphatic heterocycles. The highest BCUT2D eigenvalue weighted by atomic mass is 32.1. The molecular weight excluding hydrogens is 426 g/mol. The predicted molar refractivity (Wildman–Crippen MR) is 111 cm³/mol. The number of carbonyl (C=O) groups is 2. The molecule has 2 amide bonds. The van der Waals surface area contributed by atoms with Gasteiger partial charge < -0.3 is 10.5 Å². The molecule has 0 radical (unpaired) electrons. The van der Waals surface area contributed by atoms with Gasteiger partial charge in [-0.2, -0.15) is 0 Å². The Morgan fingerprint density at radius 2 is 1.77 bits per heavy atom. The maximum absolute atomic E-state index is 14.9. The Kier molecular flexibility index (Phi) is 5.54. The van der Waals surface area contributed by atoms with Crippen molar-refractivity contribution in [3.05, 3.63) is 71.9 Å². The number of nitrogens with zero attached hydrogens (tertiary/aromatic N) is 3. The molecule has 2 N–H and O–H groups in total. The van der Waals surface area contributed by atoms with Crippen LogP contribution in [0.1, 0.15) is 6.42 Å². The minimum absolute atomic E-state index is 0.114. The van der Waals surface area contributed by atoms with E-state index in [2.05, 4.69) is 9.97 Å². The minimum atomic E-state index is -0.846. The third-order valence-corrected chi connectivity index (χ3v) is 5.09. The van der Waals surface area contributed by atoms with Crippen LogP contribution in [0.2, 0.25) is 0 Å². The molecule has 4 rings (SSSR count). The van der Waals surface area contributed by atoms with Crippen LogP contribution in [0.25, 0.3) is 10.2 Å². The smallest absolute Gasteiger partial charge is 0.240 e. The molecule has 0 unspecified atom stereocenters. The Bertz CT molecular complexity index is 1280. The Morgan fingerprint density at radius 3 is 2.48 bits per heavy atom. The standard InChI is InChI=1S/C21H14F2N4O3S/c22-12-1-3-13(4-2-12)27(19(29)10-18(24)28)14-5-6-17(16(23)9-14)30-20-15-7-8-31-21(15)26-11-25-20/h1-9,11H,10H2,(H2,24,28). The Labute approximate surface area is 178 Å². The van der Waals surface area contributed by atoms with E-state index in [0.717, 1.165) is 23.1 Å². The summed E-state index contributed by atoms with van der Waals surface area (Å²) in [6, 6.07) is 10.6. The highest BCUT2D eigenvalue weighted by Crippen LogP contribution is 2.34. The molecular formula is C21H14F2N4O3S. The van der Waals surface area contributed by atoms with E-state index >= 15 is 0 Å². The Hall–Kier alpha value is -3.92. The van der Waals surface area contributed by atoms with Crippen molar-refractivity contribution in [3.8, 4) is 11.6 Å². The van der Waals surface area contributed by atoms with Gasteiger partial charge in [-0.05, 0) is 47.8 Å². The maximum atomic E-state index is 14.9. The van der Waals surface area contributed by atoms with E-state index in [1.54, 1.807) is 6.07 Å². The highest BCUT2D eigenvalue weighted by Gasteiger charge is 2.22. The van der Waals surface area contributed by atoms with E-state index in [1.165, 1.54) is 41.9 Å². The maximum Gasteiger partial charge on any atom is 0.240 e. The van der Waals surface area contributed by atoms with Gasteiger partial charge in [-0.3, -0.25) is 14.5 Å². The molecule has 10 heteroatoms. The fourth-order valence-electron chi connectivity index (χ4n) is 2.92. The largest absolute Gasteiger partial charge is 0.435 e. The summed E-state index contributed by atoms with van der Waals surface area (Å²) < 4.78 is 33.8. The number of carbonyl (C=O) groups excluding carboxylic acids is 2. The SMILES string of the molecule is NC(=O)CC(=O)N(c1ccc(F)cc1)c1ccc(Oc2ncnc3sccc23)c(F)c1. The van der Waals surface area contributed by atoms with Crippen LogP contribution < -0.4 is 15.4 Å². The second kappa shape index (κ2) is 8.44. The molecule has 4 aromatic rings. The molecule has 31 heavy (non-hydrogen) atoms. The third kappa shape index (κ3) is 4.33. The van der Waals surface area contributed by atoms with E-state index in [4.69, 9.17) is 10.5 Å². The average molecular weight is 440 g/mol. The first-order valence-electron chi connectivity index (χ1n) is 8.95. The van der Waals surface area contributed by atoms with Crippen LogP contribution in [0.3, 0.4) is 0 Å². The van der Waals surface area contributed by atoms with E-state index in [1.807, 2.05) is 5.38 Å². The van der Waals surface area contributed by atoms with Gasteiger partial charge in [-0.25, -0.2) is 18.7 Å². The number of rotatable bonds is 6. The summed E-state index contributed by atoms with van der Waals surface area (Å²) in [7, 11) is 0. The zero-order chi connectivity index (χ0) is 22.0. The lowest BCUT2D eigenvalue weighted by Crippen LogP contribution is -2.30. The van der Waals surface area contributed by atoms with Crippen molar-refractivity contribution in [3.63, 3.8) is 0 Å². The van der Waals surface area contributed by atoms with Gasteiger partial charge in [0, 0.05) is 11.8 Å². The zero-order valence-electron chi connectivity index (χ0n) is 15.8. The summed E-state index contributed by atoms with van der Waals surface area (Å²) in [6.45, 7) is 0. The van der Waals surface area contributed by atoms with Gasteiger partial charge in [-0.1, -0.05) is 0 Å². The molecule has 0 aliphatic carbocycles. The first kappa shape index (κ1) is 20.4. The molecule has 0 atom stereocenters. The number of amides is 2. The van der Waals surface area contributed by atoms with Crippen LogP contribution in [0.4, 0.5) is 20.2 Å². The van der Waals surface area contributed by atoms with E-state index < -0.39 is 29.9 Å². The number of halogens is 2. The molecule has 2 aromatic heterocycles. The number of benzene rings is 2. The van der Waals surface area contributed by atoms with Gasteiger partial charge in [0.15, 0.2) is 11.6 Å². The van der Waals surface area contributed by atoms with Crippen LogP contribution in [0, 0.1) is 11.6 Å². The van der Waals surface area contributed by atoms with Gasteiger partial charge in [-0.15, -0.1) is 11.3 Å². The van der Waals surface area contributed by atoms with Gasteiger partial charge >= 0.3 is 0 Å². The number of primary amides is 1. The Morgan fingerprint density at radius 1 is 1.03 bits per heavy atom. The Balaban J connectivity index is 1.69. The molecule has 0 fully saturated rings. The van der Waals surface area contributed by atoms with Crippen molar-refractivity contribution >= 4 is 44.7 Å².